The molecule has 0 radical (unpaired) electrons. The zero-order valence-corrected chi connectivity index (χ0v) is 14.6. The standard InChI is InChI=1S/C18H28FN3O/c1-5-21-8-10-22(11-9-21)17-7-6-15(19)12-16(17)14(4)20-18(23)13(2)3/h6-7,12-14H,5,8-11H2,1-4H3,(H,20,23). The third-order valence-electron chi connectivity index (χ3n) is 4.50. The maximum absolute atomic E-state index is 13.7. The molecule has 1 atom stereocenters. The Kier molecular flexibility index (Phi) is 5.99. The van der Waals surface area contributed by atoms with Gasteiger partial charge in [0.25, 0.3) is 0 Å². The molecule has 1 fully saturated rings. The van der Waals surface area contributed by atoms with E-state index in [-0.39, 0.29) is 23.7 Å². The van der Waals surface area contributed by atoms with Gasteiger partial charge in [-0.25, -0.2) is 4.39 Å². The van der Waals surface area contributed by atoms with Crippen molar-refractivity contribution in [2.24, 2.45) is 5.92 Å². The van der Waals surface area contributed by atoms with Crippen molar-refractivity contribution in [3.8, 4) is 0 Å². The van der Waals surface area contributed by atoms with Crippen LogP contribution in [0.2, 0.25) is 0 Å². The van der Waals surface area contributed by atoms with Crippen LogP contribution in [0.3, 0.4) is 0 Å². The van der Waals surface area contributed by atoms with Crippen LogP contribution in [0.4, 0.5) is 10.1 Å². The van der Waals surface area contributed by atoms with Crippen molar-refractivity contribution < 1.29 is 9.18 Å². The van der Waals surface area contributed by atoms with Crippen LogP contribution >= 0.6 is 0 Å². The maximum atomic E-state index is 13.7. The summed E-state index contributed by atoms with van der Waals surface area (Å²) in [5.41, 5.74) is 1.88. The molecule has 2 rings (SSSR count). The normalized spacial score (nSPS) is 17.4. The fraction of sp³-hybridized carbons (Fsp3) is 0.611. The van der Waals surface area contributed by atoms with Crippen LogP contribution in [0, 0.1) is 11.7 Å². The molecule has 1 aromatic carbocycles. The Balaban J connectivity index is 2.19. The van der Waals surface area contributed by atoms with Crippen molar-refractivity contribution in [1.29, 1.82) is 0 Å². The van der Waals surface area contributed by atoms with Gasteiger partial charge < -0.3 is 15.1 Å². The first-order chi connectivity index (χ1) is 10.9. The molecule has 23 heavy (non-hydrogen) atoms. The van der Waals surface area contributed by atoms with E-state index in [4.69, 9.17) is 0 Å². The van der Waals surface area contributed by atoms with Crippen molar-refractivity contribution in [2.75, 3.05) is 37.6 Å². The maximum Gasteiger partial charge on any atom is 0.223 e. The van der Waals surface area contributed by atoms with Gasteiger partial charge >= 0.3 is 0 Å². The molecule has 128 valence electrons. The second-order valence-electron chi connectivity index (χ2n) is 6.51. The summed E-state index contributed by atoms with van der Waals surface area (Å²) in [6.07, 6.45) is 0. The number of anilines is 1. The van der Waals surface area contributed by atoms with Crippen LogP contribution in [-0.4, -0.2) is 43.5 Å². The number of benzene rings is 1. The number of likely N-dealkylation sites (N-methyl/N-ethyl adjacent to an activating group) is 1. The van der Waals surface area contributed by atoms with Gasteiger partial charge in [0, 0.05) is 43.3 Å². The monoisotopic (exact) mass is 321 g/mol. The van der Waals surface area contributed by atoms with E-state index in [2.05, 4.69) is 22.0 Å². The third kappa shape index (κ3) is 4.44. The Morgan fingerprint density at radius 3 is 2.43 bits per heavy atom. The number of piperazine rings is 1. The van der Waals surface area contributed by atoms with Crippen molar-refractivity contribution in [2.45, 2.75) is 33.7 Å². The molecule has 0 saturated carbocycles. The van der Waals surface area contributed by atoms with Gasteiger partial charge in [-0.3, -0.25) is 4.79 Å². The highest BCUT2D eigenvalue weighted by Gasteiger charge is 2.22. The van der Waals surface area contributed by atoms with Gasteiger partial charge in [0.2, 0.25) is 5.91 Å². The summed E-state index contributed by atoms with van der Waals surface area (Å²) < 4.78 is 13.7. The highest BCUT2D eigenvalue weighted by molar-refractivity contribution is 5.78. The van der Waals surface area contributed by atoms with Crippen LogP contribution in [0.25, 0.3) is 0 Å². The second kappa shape index (κ2) is 7.77. The lowest BCUT2D eigenvalue weighted by atomic mass is 10.0. The van der Waals surface area contributed by atoms with E-state index in [9.17, 15) is 9.18 Å². The molecule has 1 amide bonds. The number of rotatable bonds is 5. The molecule has 0 bridgehead atoms. The Hall–Kier alpha value is -1.62. The van der Waals surface area contributed by atoms with Crippen molar-refractivity contribution in [3.63, 3.8) is 0 Å². The molecule has 0 spiro atoms. The number of hydrogen-bond donors (Lipinski definition) is 1. The number of halogens is 1. The first kappa shape index (κ1) is 17.7. The second-order valence-corrected chi connectivity index (χ2v) is 6.51. The van der Waals surface area contributed by atoms with E-state index in [0.29, 0.717) is 0 Å². The van der Waals surface area contributed by atoms with Crippen LogP contribution in [-0.2, 0) is 4.79 Å². The van der Waals surface area contributed by atoms with Crippen molar-refractivity contribution in [3.05, 3.63) is 29.6 Å². The molecule has 1 heterocycles. The van der Waals surface area contributed by atoms with Crippen LogP contribution in [0.1, 0.15) is 39.3 Å². The molecule has 1 unspecified atom stereocenters. The topological polar surface area (TPSA) is 35.6 Å². The summed E-state index contributed by atoms with van der Waals surface area (Å²) in [5.74, 6) is -0.354. The van der Waals surface area contributed by atoms with E-state index in [1.807, 2.05) is 26.8 Å². The largest absolute Gasteiger partial charge is 0.369 e. The zero-order chi connectivity index (χ0) is 17.0. The summed E-state index contributed by atoms with van der Waals surface area (Å²) in [6, 6.07) is 4.68. The average Bonchev–Trinajstić information content (AvgIpc) is 2.54. The summed E-state index contributed by atoms with van der Waals surface area (Å²) >= 11 is 0. The van der Waals surface area contributed by atoms with Crippen LogP contribution < -0.4 is 10.2 Å². The Morgan fingerprint density at radius 1 is 1.22 bits per heavy atom. The minimum absolute atomic E-state index is 0.0106. The summed E-state index contributed by atoms with van der Waals surface area (Å²) in [4.78, 5) is 16.7. The summed E-state index contributed by atoms with van der Waals surface area (Å²) in [6.45, 7) is 12.8. The van der Waals surface area contributed by atoms with E-state index in [0.717, 1.165) is 44.0 Å². The SMILES string of the molecule is CCN1CCN(c2ccc(F)cc2C(C)NC(=O)C(C)C)CC1. The predicted molar refractivity (Wildman–Crippen MR) is 92.1 cm³/mol. The Bertz CT molecular complexity index is 539. The molecule has 1 saturated heterocycles. The molecule has 1 aliphatic rings. The van der Waals surface area contributed by atoms with E-state index in [1.165, 1.54) is 6.07 Å². The quantitative estimate of drug-likeness (QED) is 0.906. The zero-order valence-electron chi connectivity index (χ0n) is 14.6. The highest BCUT2D eigenvalue weighted by Crippen LogP contribution is 2.28. The molecule has 1 aromatic rings. The molecule has 5 heteroatoms. The van der Waals surface area contributed by atoms with E-state index >= 15 is 0 Å². The Morgan fingerprint density at radius 2 is 1.87 bits per heavy atom. The predicted octanol–water partition coefficient (Wildman–Crippen LogP) is 2.80. The van der Waals surface area contributed by atoms with Gasteiger partial charge in [0.1, 0.15) is 5.82 Å². The summed E-state index contributed by atoms with van der Waals surface area (Å²) in [7, 11) is 0. The third-order valence-corrected chi connectivity index (χ3v) is 4.50. The molecular formula is C18H28FN3O. The minimum Gasteiger partial charge on any atom is -0.369 e. The van der Waals surface area contributed by atoms with Gasteiger partial charge in [0.05, 0.1) is 6.04 Å². The van der Waals surface area contributed by atoms with Crippen molar-refractivity contribution in [1.82, 2.24) is 10.2 Å². The van der Waals surface area contributed by atoms with Crippen LogP contribution in [0.5, 0.6) is 0 Å². The summed E-state index contributed by atoms with van der Waals surface area (Å²) in [5, 5.41) is 2.98. The van der Waals surface area contributed by atoms with E-state index in [1.54, 1.807) is 6.07 Å². The van der Waals surface area contributed by atoms with Crippen molar-refractivity contribution >= 4 is 11.6 Å². The number of nitrogens with one attached hydrogen (secondary N) is 1. The number of nitrogens with zero attached hydrogens (tertiary/aromatic N) is 2. The van der Waals surface area contributed by atoms with Gasteiger partial charge in [-0.05, 0) is 31.7 Å². The first-order valence-electron chi connectivity index (χ1n) is 8.49. The molecule has 0 aromatic heterocycles. The lowest BCUT2D eigenvalue weighted by Crippen LogP contribution is -2.46. The smallest absolute Gasteiger partial charge is 0.223 e. The number of carbonyl (C=O) groups excluding carboxylic acids is 1. The average molecular weight is 321 g/mol. The fourth-order valence-electron chi connectivity index (χ4n) is 2.92. The molecule has 1 N–H and O–H groups in total. The molecule has 1 aliphatic heterocycles. The molecule has 4 nitrogen and oxygen atoms in total. The molecule has 0 aliphatic carbocycles. The van der Waals surface area contributed by atoms with Gasteiger partial charge in [0.15, 0.2) is 0 Å². The van der Waals surface area contributed by atoms with Gasteiger partial charge in [-0.2, -0.15) is 0 Å². The minimum atomic E-state index is -0.262. The van der Waals surface area contributed by atoms with E-state index < -0.39 is 0 Å². The fourth-order valence-corrected chi connectivity index (χ4v) is 2.92. The van der Waals surface area contributed by atoms with Gasteiger partial charge in [-0.15, -0.1) is 0 Å². The highest BCUT2D eigenvalue weighted by atomic mass is 19.1. The van der Waals surface area contributed by atoms with Gasteiger partial charge in [-0.1, -0.05) is 20.8 Å². The lowest BCUT2D eigenvalue weighted by molar-refractivity contribution is -0.124. The number of hydrogen-bond acceptors (Lipinski definition) is 3. The molecular weight excluding hydrogens is 293 g/mol. The first-order valence-corrected chi connectivity index (χ1v) is 8.49. The van der Waals surface area contributed by atoms with Crippen LogP contribution in [0.15, 0.2) is 18.2 Å². The Labute approximate surface area is 138 Å². The number of carbonyl (C=O) groups is 1. The lowest BCUT2D eigenvalue weighted by Gasteiger charge is -2.37. The number of amides is 1.